The molecule has 6 heteroatoms. The van der Waals surface area contributed by atoms with E-state index in [1.807, 2.05) is 18.3 Å². The number of pyridine rings is 1. The summed E-state index contributed by atoms with van der Waals surface area (Å²) in [5.41, 5.74) is 8.09. The summed E-state index contributed by atoms with van der Waals surface area (Å²) >= 11 is 9.43. The lowest BCUT2D eigenvalue weighted by Gasteiger charge is -2.28. The lowest BCUT2D eigenvalue weighted by Crippen LogP contribution is -2.29. The minimum atomic E-state index is -0.0613. The van der Waals surface area contributed by atoms with Gasteiger partial charge in [-0.15, -0.1) is 0 Å². The molecule has 4 nitrogen and oxygen atoms in total. The largest absolute Gasteiger partial charge is 0.351 e. The highest BCUT2D eigenvalue weighted by Gasteiger charge is 2.42. The lowest BCUT2D eigenvalue weighted by atomic mass is 9.96. The van der Waals surface area contributed by atoms with E-state index in [0.717, 1.165) is 15.9 Å². The number of hydrogen-bond acceptors (Lipinski definition) is 2. The van der Waals surface area contributed by atoms with Gasteiger partial charge in [0.1, 0.15) is 0 Å². The quantitative estimate of drug-likeness (QED) is 0.304. The molecule has 1 fully saturated rings. The van der Waals surface area contributed by atoms with Crippen LogP contribution < -0.4 is 10.2 Å². The summed E-state index contributed by atoms with van der Waals surface area (Å²) in [6.07, 6.45) is 1.84. The topological polar surface area (TPSA) is 33.1 Å². The van der Waals surface area contributed by atoms with Crippen molar-refractivity contribution in [1.29, 1.82) is 0 Å². The monoisotopic (exact) mass is 516 g/mol. The van der Waals surface area contributed by atoms with Crippen LogP contribution in [0.25, 0.3) is 5.69 Å². The molecule has 2 aromatic heterocycles. The molecule has 2 aromatic carbocycles. The molecule has 0 spiro atoms. The van der Waals surface area contributed by atoms with E-state index in [2.05, 4.69) is 117 Å². The van der Waals surface area contributed by atoms with Crippen molar-refractivity contribution in [3.8, 4) is 5.69 Å². The van der Waals surface area contributed by atoms with Crippen molar-refractivity contribution in [2.24, 2.45) is 0 Å². The minimum Gasteiger partial charge on any atom is -0.351 e. The smallest absolute Gasteiger partial charge is 0.174 e. The summed E-state index contributed by atoms with van der Waals surface area (Å²) in [4.78, 5) is 6.90. The maximum absolute atomic E-state index is 5.87. The van der Waals surface area contributed by atoms with Gasteiger partial charge in [-0.05, 0) is 98.7 Å². The summed E-state index contributed by atoms with van der Waals surface area (Å²) in [5, 5.41) is 4.27. The number of nitrogens with zero attached hydrogens (tertiary/aromatic N) is 3. The average Bonchev–Trinajstić information content (AvgIpc) is 3.30. The molecule has 1 saturated heterocycles. The Labute approximate surface area is 208 Å². The third-order valence-electron chi connectivity index (χ3n) is 6.25. The Bertz CT molecular complexity index is 1310. The molecule has 0 bridgehead atoms. The van der Waals surface area contributed by atoms with Gasteiger partial charge in [-0.3, -0.25) is 4.98 Å². The number of thiocarbonyl (C=S) groups is 1. The fourth-order valence-electron chi connectivity index (χ4n) is 4.80. The van der Waals surface area contributed by atoms with Crippen LogP contribution in [0.5, 0.6) is 0 Å². The summed E-state index contributed by atoms with van der Waals surface area (Å²) in [7, 11) is 0. The molecule has 3 heterocycles. The van der Waals surface area contributed by atoms with Crippen LogP contribution in [0.3, 0.4) is 0 Å². The first-order valence-corrected chi connectivity index (χ1v) is 12.2. The molecule has 2 atom stereocenters. The van der Waals surface area contributed by atoms with Crippen molar-refractivity contribution in [3.05, 3.63) is 112 Å². The molecular formula is C27H25BrN4S. The zero-order chi connectivity index (χ0) is 23.1. The highest BCUT2D eigenvalue weighted by molar-refractivity contribution is 9.10. The summed E-state index contributed by atoms with van der Waals surface area (Å²) in [6.45, 7) is 6.49. The fourth-order valence-corrected chi connectivity index (χ4v) is 5.41. The second-order valence-corrected chi connectivity index (χ2v) is 9.78. The highest BCUT2D eigenvalue weighted by Crippen LogP contribution is 2.43. The molecule has 5 rings (SSSR count). The van der Waals surface area contributed by atoms with Gasteiger partial charge in [-0.1, -0.05) is 34.1 Å². The van der Waals surface area contributed by atoms with E-state index in [0.29, 0.717) is 5.11 Å². The summed E-state index contributed by atoms with van der Waals surface area (Å²) < 4.78 is 3.37. The SMILES string of the molecule is Cc1cccc(-n2c(C)cc([C@H]3[C@@H](c4ccccn4)NC(=S)N3c3ccc(Br)cc3)c2C)c1. The maximum atomic E-state index is 5.87. The van der Waals surface area contributed by atoms with Crippen molar-refractivity contribution in [3.63, 3.8) is 0 Å². The number of anilines is 1. The van der Waals surface area contributed by atoms with E-state index in [1.165, 1.54) is 28.2 Å². The lowest BCUT2D eigenvalue weighted by molar-refractivity contribution is 0.565. The Hall–Kier alpha value is -2.96. The summed E-state index contributed by atoms with van der Waals surface area (Å²) in [5.74, 6) is 0. The van der Waals surface area contributed by atoms with Crippen LogP contribution in [-0.4, -0.2) is 14.7 Å². The third-order valence-corrected chi connectivity index (χ3v) is 7.09. The van der Waals surface area contributed by atoms with Crippen LogP contribution >= 0.6 is 28.1 Å². The fraction of sp³-hybridized carbons (Fsp3) is 0.185. The molecule has 4 aromatic rings. The number of hydrogen-bond donors (Lipinski definition) is 1. The van der Waals surface area contributed by atoms with Gasteiger partial charge in [-0.25, -0.2) is 0 Å². The van der Waals surface area contributed by atoms with E-state index in [1.54, 1.807) is 0 Å². The van der Waals surface area contributed by atoms with Crippen LogP contribution in [0.1, 0.15) is 40.3 Å². The number of benzene rings is 2. The number of rotatable bonds is 4. The normalized spacial score (nSPS) is 17.9. The molecule has 0 saturated carbocycles. The Morgan fingerprint density at radius 1 is 0.909 bits per heavy atom. The molecule has 0 amide bonds. The molecule has 1 N–H and O–H groups in total. The number of aromatic nitrogens is 2. The Kier molecular flexibility index (Phi) is 5.81. The van der Waals surface area contributed by atoms with Gasteiger partial charge in [0.2, 0.25) is 0 Å². The van der Waals surface area contributed by atoms with Crippen molar-refractivity contribution < 1.29 is 0 Å². The third kappa shape index (κ3) is 3.98. The molecule has 0 unspecified atom stereocenters. The van der Waals surface area contributed by atoms with Crippen LogP contribution in [0.2, 0.25) is 0 Å². The first kappa shape index (κ1) is 21.9. The van der Waals surface area contributed by atoms with E-state index >= 15 is 0 Å². The van der Waals surface area contributed by atoms with E-state index in [-0.39, 0.29) is 12.1 Å². The van der Waals surface area contributed by atoms with Crippen LogP contribution in [-0.2, 0) is 0 Å². The van der Waals surface area contributed by atoms with Crippen LogP contribution in [0.15, 0.2) is 83.5 Å². The van der Waals surface area contributed by atoms with Crippen molar-refractivity contribution in [2.75, 3.05) is 4.90 Å². The zero-order valence-corrected chi connectivity index (χ0v) is 21.2. The first-order chi connectivity index (χ1) is 15.9. The predicted octanol–water partition coefficient (Wildman–Crippen LogP) is 6.74. The predicted molar refractivity (Wildman–Crippen MR) is 142 cm³/mol. The van der Waals surface area contributed by atoms with Crippen molar-refractivity contribution in [2.45, 2.75) is 32.9 Å². The van der Waals surface area contributed by atoms with Gasteiger partial charge in [0, 0.05) is 33.4 Å². The Morgan fingerprint density at radius 2 is 1.70 bits per heavy atom. The van der Waals surface area contributed by atoms with Crippen LogP contribution in [0.4, 0.5) is 5.69 Å². The molecule has 166 valence electrons. The van der Waals surface area contributed by atoms with Gasteiger partial charge in [0.25, 0.3) is 0 Å². The highest BCUT2D eigenvalue weighted by atomic mass is 79.9. The number of nitrogens with one attached hydrogen (secondary N) is 1. The number of aryl methyl sites for hydroxylation is 2. The molecular weight excluding hydrogens is 492 g/mol. The second-order valence-electron chi connectivity index (χ2n) is 8.47. The molecule has 33 heavy (non-hydrogen) atoms. The van der Waals surface area contributed by atoms with Gasteiger partial charge in [0.15, 0.2) is 5.11 Å². The Balaban J connectivity index is 1.68. The standard InChI is InChI=1S/C27H25BrN4S/c1-17-7-6-8-22(15-17)31-18(2)16-23(19(31)3)26-25(24-9-4-5-14-29-24)30-27(33)32(26)21-12-10-20(28)11-13-21/h4-16,25-26H,1-3H3,(H,30,33)/t25-,26+/m1/s1. The minimum absolute atomic E-state index is 0.0293. The maximum Gasteiger partial charge on any atom is 0.174 e. The zero-order valence-electron chi connectivity index (χ0n) is 18.8. The van der Waals surface area contributed by atoms with E-state index < -0.39 is 0 Å². The van der Waals surface area contributed by atoms with Gasteiger partial charge >= 0.3 is 0 Å². The van der Waals surface area contributed by atoms with E-state index in [4.69, 9.17) is 12.2 Å². The number of halogens is 1. The van der Waals surface area contributed by atoms with Gasteiger partial charge in [-0.2, -0.15) is 0 Å². The summed E-state index contributed by atoms with van der Waals surface area (Å²) in [6, 6.07) is 25.2. The second kappa shape index (κ2) is 8.76. The van der Waals surface area contributed by atoms with Gasteiger partial charge < -0.3 is 14.8 Å². The molecule has 0 aliphatic carbocycles. The van der Waals surface area contributed by atoms with Crippen molar-refractivity contribution >= 4 is 38.9 Å². The van der Waals surface area contributed by atoms with Crippen molar-refractivity contribution in [1.82, 2.24) is 14.9 Å². The first-order valence-electron chi connectivity index (χ1n) is 11.0. The van der Waals surface area contributed by atoms with Gasteiger partial charge in [0.05, 0.1) is 17.8 Å². The molecule has 1 aliphatic rings. The van der Waals surface area contributed by atoms with Crippen LogP contribution in [0, 0.1) is 20.8 Å². The molecule has 1 aliphatic heterocycles. The average molecular weight is 517 g/mol. The molecule has 0 radical (unpaired) electrons. The van der Waals surface area contributed by atoms with E-state index in [9.17, 15) is 0 Å². The Morgan fingerprint density at radius 3 is 2.39 bits per heavy atom.